The van der Waals surface area contributed by atoms with E-state index in [1.807, 2.05) is 13.8 Å². The first-order valence-corrected chi connectivity index (χ1v) is 5.75. The average Bonchev–Trinajstić information content (AvgIpc) is 2.28. The van der Waals surface area contributed by atoms with Gasteiger partial charge in [0.15, 0.2) is 0 Å². The molecule has 0 unspecified atom stereocenters. The Balaban J connectivity index is 2.39. The van der Waals surface area contributed by atoms with Crippen LogP contribution in [-0.2, 0) is 4.79 Å². The highest BCUT2D eigenvalue weighted by Gasteiger charge is 2.03. The van der Waals surface area contributed by atoms with Crippen molar-refractivity contribution in [1.82, 2.24) is 5.32 Å². The largest absolute Gasteiger partial charge is 0.376 e. The van der Waals surface area contributed by atoms with Crippen LogP contribution in [0.2, 0.25) is 0 Å². The Labute approximate surface area is 101 Å². The molecule has 0 atom stereocenters. The van der Waals surface area contributed by atoms with Gasteiger partial charge in [0.05, 0.1) is 6.54 Å². The van der Waals surface area contributed by atoms with Gasteiger partial charge >= 0.3 is 0 Å². The van der Waals surface area contributed by atoms with Crippen molar-refractivity contribution in [3.05, 3.63) is 29.6 Å². The third-order valence-electron chi connectivity index (χ3n) is 2.32. The normalized spacial score (nSPS) is 10.4. The van der Waals surface area contributed by atoms with Crippen LogP contribution >= 0.6 is 0 Å². The summed E-state index contributed by atoms with van der Waals surface area (Å²) in [5.74, 6) is 0.146. The predicted octanol–water partition coefficient (Wildman–Crippen LogP) is 2.32. The Bertz CT molecular complexity index is 391. The maximum Gasteiger partial charge on any atom is 0.239 e. The van der Waals surface area contributed by atoms with Crippen LogP contribution in [0, 0.1) is 18.7 Å². The fourth-order valence-electron chi connectivity index (χ4n) is 1.32. The van der Waals surface area contributed by atoms with Crippen molar-refractivity contribution in [2.75, 3.05) is 18.4 Å². The van der Waals surface area contributed by atoms with Crippen molar-refractivity contribution in [3.63, 3.8) is 0 Å². The molecular formula is C13H19FN2O. The van der Waals surface area contributed by atoms with Gasteiger partial charge in [-0.1, -0.05) is 13.8 Å². The number of aryl methyl sites for hydroxylation is 1. The number of benzene rings is 1. The van der Waals surface area contributed by atoms with E-state index in [1.54, 1.807) is 19.1 Å². The number of hydrogen-bond donors (Lipinski definition) is 2. The van der Waals surface area contributed by atoms with Crippen LogP contribution in [0.4, 0.5) is 10.1 Å². The molecule has 0 heterocycles. The molecule has 1 amide bonds. The molecule has 17 heavy (non-hydrogen) atoms. The second-order valence-electron chi connectivity index (χ2n) is 4.52. The molecule has 0 aliphatic rings. The zero-order valence-corrected chi connectivity index (χ0v) is 10.5. The molecular weight excluding hydrogens is 219 g/mol. The Kier molecular flexibility index (Phi) is 4.94. The lowest BCUT2D eigenvalue weighted by molar-refractivity contribution is -0.119. The lowest BCUT2D eigenvalue weighted by Crippen LogP contribution is -2.32. The van der Waals surface area contributed by atoms with Crippen LogP contribution in [0.25, 0.3) is 0 Å². The summed E-state index contributed by atoms with van der Waals surface area (Å²) in [5, 5.41) is 5.76. The van der Waals surface area contributed by atoms with Crippen LogP contribution < -0.4 is 10.6 Å². The molecule has 1 aromatic rings. The van der Waals surface area contributed by atoms with E-state index >= 15 is 0 Å². The quantitative estimate of drug-likeness (QED) is 0.826. The van der Waals surface area contributed by atoms with Gasteiger partial charge in [-0.3, -0.25) is 4.79 Å². The molecule has 0 aliphatic heterocycles. The second-order valence-corrected chi connectivity index (χ2v) is 4.52. The molecule has 0 bridgehead atoms. The summed E-state index contributed by atoms with van der Waals surface area (Å²) in [6.45, 7) is 6.65. The van der Waals surface area contributed by atoms with Crippen LogP contribution in [0.1, 0.15) is 19.4 Å². The lowest BCUT2D eigenvalue weighted by Gasteiger charge is -2.10. The molecule has 0 radical (unpaired) electrons. The number of hydrogen-bond acceptors (Lipinski definition) is 2. The van der Waals surface area contributed by atoms with Gasteiger partial charge in [-0.05, 0) is 36.6 Å². The molecule has 0 fully saturated rings. The molecule has 1 aromatic carbocycles. The van der Waals surface area contributed by atoms with Gasteiger partial charge in [0.2, 0.25) is 5.91 Å². The number of rotatable bonds is 5. The maximum atomic E-state index is 13.0. The van der Waals surface area contributed by atoms with Crippen molar-refractivity contribution in [2.45, 2.75) is 20.8 Å². The van der Waals surface area contributed by atoms with Crippen LogP contribution in [0.3, 0.4) is 0 Å². The van der Waals surface area contributed by atoms with Crippen molar-refractivity contribution < 1.29 is 9.18 Å². The summed E-state index contributed by atoms with van der Waals surface area (Å²) >= 11 is 0. The van der Waals surface area contributed by atoms with E-state index in [2.05, 4.69) is 10.6 Å². The number of carbonyl (C=O) groups is 1. The fourth-order valence-corrected chi connectivity index (χ4v) is 1.32. The number of halogens is 1. The zero-order valence-electron chi connectivity index (χ0n) is 10.5. The highest BCUT2D eigenvalue weighted by atomic mass is 19.1. The Morgan fingerprint density at radius 2 is 2.12 bits per heavy atom. The highest BCUT2D eigenvalue weighted by Crippen LogP contribution is 2.12. The SMILES string of the molecule is Cc1cc(NCC(=O)NCC(C)C)ccc1F. The number of carbonyl (C=O) groups excluding carboxylic acids is 1. The molecule has 2 N–H and O–H groups in total. The van der Waals surface area contributed by atoms with E-state index < -0.39 is 0 Å². The molecule has 1 rings (SSSR count). The smallest absolute Gasteiger partial charge is 0.239 e. The number of anilines is 1. The number of amides is 1. The maximum absolute atomic E-state index is 13.0. The monoisotopic (exact) mass is 238 g/mol. The molecule has 0 saturated carbocycles. The topological polar surface area (TPSA) is 41.1 Å². The van der Waals surface area contributed by atoms with E-state index in [0.717, 1.165) is 5.69 Å². The van der Waals surface area contributed by atoms with Gasteiger partial charge in [-0.2, -0.15) is 0 Å². The molecule has 3 nitrogen and oxygen atoms in total. The molecule has 0 aliphatic carbocycles. The van der Waals surface area contributed by atoms with E-state index in [0.29, 0.717) is 18.0 Å². The first-order valence-electron chi connectivity index (χ1n) is 5.75. The first kappa shape index (κ1) is 13.5. The van der Waals surface area contributed by atoms with E-state index in [-0.39, 0.29) is 18.3 Å². The number of nitrogens with one attached hydrogen (secondary N) is 2. The first-order chi connectivity index (χ1) is 7.99. The third-order valence-corrected chi connectivity index (χ3v) is 2.32. The Morgan fingerprint density at radius 1 is 1.41 bits per heavy atom. The van der Waals surface area contributed by atoms with Gasteiger partial charge in [-0.15, -0.1) is 0 Å². The molecule has 0 spiro atoms. The summed E-state index contributed by atoms with van der Waals surface area (Å²) in [4.78, 5) is 11.4. The summed E-state index contributed by atoms with van der Waals surface area (Å²) in [6.07, 6.45) is 0. The van der Waals surface area contributed by atoms with Gasteiger partial charge in [0.1, 0.15) is 5.82 Å². The minimum Gasteiger partial charge on any atom is -0.376 e. The van der Waals surface area contributed by atoms with E-state index in [9.17, 15) is 9.18 Å². The lowest BCUT2D eigenvalue weighted by atomic mass is 10.2. The standard InChI is InChI=1S/C13H19FN2O/c1-9(2)7-16-13(17)8-15-11-4-5-12(14)10(3)6-11/h4-6,9,15H,7-8H2,1-3H3,(H,16,17). The molecule has 4 heteroatoms. The van der Waals surface area contributed by atoms with Crippen molar-refractivity contribution in [2.24, 2.45) is 5.92 Å². The third kappa shape index (κ3) is 4.85. The van der Waals surface area contributed by atoms with Crippen LogP contribution in [-0.4, -0.2) is 19.0 Å². The van der Waals surface area contributed by atoms with E-state index in [4.69, 9.17) is 0 Å². The van der Waals surface area contributed by atoms with Gasteiger partial charge in [0, 0.05) is 12.2 Å². The Hall–Kier alpha value is -1.58. The second kappa shape index (κ2) is 6.23. The molecule has 0 saturated heterocycles. The van der Waals surface area contributed by atoms with Crippen LogP contribution in [0.15, 0.2) is 18.2 Å². The summed E-state index contributed by atoms with van der Waals surface area (Å²) in [7, 11) is 0. The zero-order chi connectivity index (χ0) is 12.8. The van der Waals surface area contributed by atoms with Gasteiger partial charge in [0.25, 0.3) is 0 Å². The highest BCUT2D eigenvalue weighted by molar-refractivity contribution is 5.80. The summed E-state index contributed by atoms with van der Waals surface area (Å²) in [6, 6.07) is 4.70. The minimum absolute atomic E-state index is 0.0549. The van der Waals surface area contributed by atoms with Crippen molar-refractivity contribution in [3.8, 4) is 0 Å². The van der Waals surface area contributed by atoms with Crippen LogP contribution in [0.5, 0.6) is 0 Å². The van der Waals surface area contributed by atoms with Gasteiger partial charge < -0.3 is 10.6 Å². The summed E-state index contributed by atoms with van der Waals surface area (Å²) < 4.78 is 13.0. The van der Waals surface area contributed by atoms with Crippen molar-refractivity contribution in [1.29, 1.82) is 0 Å². The van der Waals surface area contributed by atoms with E-state index in [1.165, 1.54) is 6.07 Å². The predicted molar refractivity (Wildman–Crippen MR) is 67.5 cm³/mol. The molecule has 94 valence electrons. The fraction of sp³-hybridized carbons (Fsp3) is 0.462. The average molecular weight is 238 g/mol. The Morgan fingerprint density at radius 3 is 2.71 bits per heavy atom. The van der Waals surface area contributed by atoms with Gasteiger partial charge in [-0.25, -0.2) is 4.39 Å². The summed E-state index contributed by atoms with van der Waals surface area (Å²) in [5.41, 5.74) is 1.32. The van der Waals surface area contributed by atoms with Crippen molar-refractivity contribution >= 4 is 11.6 Å². The molecule has 0 aromatic heterocycles. The minimum atomic E-state index is -0.236.